The summed E-state index contributed by atoms with van der Waals surface area (Å²) in [7, 11) is 0. The average molecular weight is 1360 g/mol. The Kier molecular flexibility index (Phi) is 70.8. The largest absolute Gasteiger partial charge is 2.00 e. The second kappa shape index (κ2) is 72.7. The van der Waals surface area contributed by atoms with Crippen molar-refractivity contribution in [3.05, 3.63) is 112 Å². The van der Waals surface area contributed by atoms with Gasteiger partial charge in [0.1, 0.15) is 0 Å². The van der Waals surface area contributed by atoms with Crippen LogP contribution < -0.4 is 0 Å². The molecule has 3 heteroatoms. The van der Waals surface area contributed by atoms with Crippen LogP contribution in [0.2, 0.25) is 0 Å². The maximum absolute atomic E-state index is 12.1. The van der Waals surface area contributed by atoms with Crippen LogP contribution in [0.25, 0.3) is 16.9 Å². The number of unbranched alkanes of at least 4 members (excludes halogenated alkanes) is 53. The molecule has 2 aromatic carbocycles. The fourth-order valence-corrected chi connectivity index (χ4v) is 14.0. The summed E-state index contributed by atoms with van der Waals surface area (Å²) < 4.78 is 1.57. The molecular weight excluding hydrogens is 1190 g/mol. The van der Waals surface area contributed by atoms with Crippen LogP contribution in [0.15, 0.2) is 60.2 Å². The predicted molar refractivity (Wildman–Crippen MR) is 425 cm³/mol. The molecule has 1 heterocycles. The van der Waals surface area contributed by atoms with Crippen LogP contribution in [0.4, 0.5) is 0 Å². The molecule has 0 spiro atoms. The summed E-state index contributed by atoms with van der Waals surface area (Å²) >= 11 is 0. The molecule has 2 nitrogen and oxygen atoms in total. The van der Waals surface area contributed by atoms with Gasteiger partial charge in [0.05, 0.1) is 0 Å². The molecule has 1 aliphatic rings. The van der Waals surface area contributed by atoms with Gasteiger partial charge in [-0.05, 0) is 111 Å². The van der Waals surface area contributed by atoms with Crippen LogP contribution >= 0.6 is 0 Å². The van der Waals surface area contributed by atoms with Crippen molar-refractivity contribution in [1.29, 1.82) is 0 Å². The van der Waals surface area contributed by atoms with Crippen molar-refractivity contribution in [1.82, 2.24) is 0 Å². The van der Waals surface area contributed by atoms with Gasteiger partial charge in [-0.25, -0.2) is 4.70 Å². The Balaban J connectivity index is 0.00000153. The number of hydrogen-bond donors (Lipinski definition) is 0. The molecule has 0 fully saturated rings. The van der Waals surface area contributed by atoms with Gasteiger partial charge < -0.3 is 18.7 Å². The Morgan fingerprint density at radius 3 is 0.705 bits per heavy atom. The standard InChI is InChI=1S/C44H68N2.2C24H47.Ni/c1-6-11-16-17-18-19-20-21-22-23-28-40-35-43(41-31-36(24-12-7-2)29-37(32-41)25-13-8-3)46(45)44(40)42-33-38(26-14-9-4)30-39(34-42)27-15-10-5;2*1-3-5-7-9-11-13-15-17-19-21-23-24-22-20-18-16-14-12-10-8-6-4-2;/h29-35H,6-28H2,1-5H3;2*1,3H,4-24H2,2H3;/q;2*-1;+2. The molecule has 1 aliphatic heterocycles. The minimum absolute atomic E-state index is 0. The molecule has 0 bridgehead atoms. The van der Waals surface area contributed by atoms with Gasteiger partial charge in [0, 0.05) is 22.8 Å². The van der Waals surface area contributed by atoms with Crippen molar-refractivity contribution in [2.45, 2.75) is 466 Å². The molecule has 95 heavy (non-hydrogen) atoms. The zero-order chi connectivity index (χ0) is 68.1. The fraction of sp³-hybridized carbons (Fsp3) is 0.783. The summed E-state index contributed by atoms with van der Waals surface area (Å²) in [6.45, 7) is 26.8. The number of rotatable bonds is 67. The molecular formula is C92H162N2Ni. The Bertz CT molecular complexity index is 1950. The summed E-state index contributed by atoms with van der Waals surface area (Å²) in [5, 5.41) is 0. The molecule has 2 aromatic rings. The predicted octanol–water partition coefficient (Wildman–Crippen LogP) is 32.5. The molecule has 3 rings (SSSR count). The molecule has 0 atom stereocenters. The van der Waals surface area contributed by atoms with E-state index < -0.39 is 0 Å². The van der Waals surface area contributed by atoms with Crippen molar-refractivity contribution < 1.29 is 21.2 Å². The second-order valence-electron chi connectivity index (χ2n) is 29.6. The zero-order valence-electron chi connectivity index (χ0n) is 65.0. The zero-order valence-corrected chi connectivity index (χ0v) is 66.0. The summed E-state index contributed by atoms with van der Waals surface area (Å²) in [6, 6.07) is 14.3. The van der Waals surface area contributed by atoms with Gasteiger partial charge in [0.2, 0.25) is 11.4 Å². The number of aryl methyl sites for hydroxylation is 4. The first kappa shape index (κ1) is 92.5. The first-order valence-corrected chi connectivity index (χ1v) is 42.6. The molecule has 0 radical (unpaired) electrons. The van der Waals surface area contributed by atoms with Crippen molar-refractivity contribution >= 4 is 11.4 Å². The van der Waals surface area contributed by atoms with E-state index in [0.717, 1.165) is 56.3 Å². The summed E-state index contributed by atoms with van der Waals surface area (Å²) in [5.74, 6) is 0. The quantitative estimate of drug-likeness (QED) is 0.0273. The van der Waals surface area contributed by atoms with Gasteiger partial charge in [0.25, 0.3) is 0 Å². The first-order chi connectivity index (χ1) is 46.4. The van der Waals surface area contributed by atoms with Gasteiger partial charge in [-0.2, -0.15) is 0 Å². The maximum atomic E-state index is 12.1. The third kappa shape index (κ3) is 54.9. The Morgan fingerprint density at radius 1 is 0.263 bits per heavy atom. The third-order valence-corrected chi connectivity index (χ3v) is 20.3. The molecule has 550 valence electrons. The van der Waals surface area contributed by atoms with Gasteiger partial charge >= 0.3 is 16.5 Å². The summed E-state index contributed by atoms with van der Waals surface area (Å²) in [5.41, 5.74) is 23.4. The van der Waals surface area contributed by atoms with E-state index >= 15 is 0 Å². The topological polar surface area (TPSA) is 25.3 Å². The number of nitrogens with zero attached hydrogens (tertiary/aromatic N) is 2. The fourth-order valence-electron chi connectivity index (χ4n) is 14.0. The molecule has 0 aromatic heterocycles. The molecule has 0 aliphatic carbocycles. The van der Waals surface area contributed by atoms with Crippen LogP contribution in [0.1, 0.15) is 474 Å². The summed E-state index contributed by atoms with van der Waals surface area (Å²) in [6.07, 6.45) is 94.5. The monoisotopic (exact) mass is 1350 g/mol. The molecule has 0 saturated heterocycles. The molecule has 0 saturated carbocycles. The number of benzene rings is 2. The Labute approximate surface area is 606 Å². The van der Waals surface area contributed by atoms with E-state index in [4.69, 9.17) is 13.2 Å². The van der Waals surface area contributed by atoms with Crippen molar-refractivity contribution in [3.63, 3.8) is 0 Å². The van der Waals surface area contributed by atoms with Gasteiger partial charge in [-0.1, -0.05) is 414 Å². The minimum Gasteiger partial charge on any atom is -0.518 e. The average Bonchev–Trinajstić information content (AvgIpc) is 1.69. The smallest absolute Gasteiger partial charge is 0.518 e. The first-order valence-electron chi connectivity index (χ1n) is 42.6. The Hall–Kier alpha value is -2.51. The van der Waals surface area contributed by atoms with Gasteiger partial charge in [0.15, 0.2) is 0 Å². The molecule has 0 amide bonds. The molecule has 0 unspecified atom stereocenters. The van der Waals surface area contributed by atoms with Gasteiger partial charge in [-0.3, -0.25) is 12.2 Å². The van der Waals surface area contributed by atoms with Crippen LogP contribution in [-0.2, 0) is 42.2 Å². The second-order valence-corrected chi connectivity index (χ2v) is 29.6. The normalized spacial score (nSPS) is 12.0. The summed E-state index contributed by atoms with van der Waals surface area (Å²) in [4.78, 5) is 0. The Morgan fingerprint density at radius 2 is 0.474 bits per heavy atom. The van der Waals surface area contributed by atoms with Crippen LogP contribution in [0, 0.1) is 13.2 Å². The third-order valence-electron chi connectivity index (χ3n) is 20.3. The van der Waals surface area contributed by atoms with E-state index in [0.29, 0.717) is 0 Å². The van der Waals surface area contributed by atoms with Crippen molar-refractivity contribution in [2.75, 3.05) is 0 Å². The van der Waals surface area contributed by atoms with Crippen molar-refractivity contribution in [2.24, 2.45) is 0 Å². The van der Waals surface area contributed by atoms with E-state index in [-0.39, 0.29) is 16.5 Å². The van der Waals surface area contributed by atoms with Crippen LogP contribution in [0.5, 0.6) is 0 Å². The van der Waals surface area contributed by atoms with E-state index in [1.807, 2.05) is 0 Å². The van der Waals surface area contributed by atoms with E-state index in [9.17, 15) is 5.53 Å². The maximum Gasteiger partial charge on any atom is 2.00 e. The number of allylic oxidation sites excluding steroid dienone is 4. The SMILES string of the molecule is CCCCCCCCCCCCC1=C(c2cc(CCCC)cc(CCCC)c2)[N+](=[N-])C(c2cc(CCCC)cc(CCCC)c2)=C1.[CH-]=CCCCCCCCCCCCCCCCCCCCCCC.[CH-]=CCCCCCCCCCCCCCCCCCCCCCC.[Ni+2]. The van der Waals surface area contributed by atoms with E-state index in [1.54, 1.807) is 16.8 Å². The van der Waals surface area contributed by atoms with Crippen LogP contribution in [-0.4, -0.2) is 4.70 Å². The molecule has 0 N–H and O–H groups in total. The minimum atomic E-state index is 0. The van der Waals surface area contributed by atoms with Gasteiger partial charge in [-0.15, -0.1) is 0 Å². The van der Waals surface area contributed by atoms with Crippen LogP contribution in [0.3, 0.4) is 0 Å². The van der Waals surface area contributed by atoms with E-state index in [2.05, 4.69) is 90.9 Å². The number of hydrogen-bond acceptors (Lipinski definition) is 0. The van der Waals surface area contributed by atoms with E-state index in [1.165, 1.54) is 411 Å². The van der Waals surface area contributed by atoms with Crippen molar-refractivity contribution in [3.8, 4) is 0 Å².